The fourth-order valence-electron chi connectivity index (χ4n) is 2.23. The molecule has 0 bridgehead atoms. The highest BCUT2D eigenvalue weighted by atomic mass is 32.2. The summed E-state index contributed by atoms with van der Waals surface area (Å²) in [6, 6.07) is 13.7. The van der Waals surface area contributed by atoms with Gasteiger partial charge in [0, 0.05) is 16.1 Å². The van der Waals surface area contributed by atoms with E-state index in [4.69, 9.17) is 4.74 Å². The molecule has 2 aromatic carbocycles. The molecule has 2 aromatic rings. The molecular formula is C20H21NO4S. The van der Waals surface area contributed by atoms with Crippen LogP contribution in [0.2, 0.25) is 0 Å². The number of nitrogens with one attached hydrogen (secondary N) is 1. The molecule has 0 heterocycles. The molecule has 0 aliphatic heterocycles. The number of amides is 1. The average molecular weight is 371 g/mol. The number of rotatable bonds is 7. The van der Waals surface area contributed by atoms with Gasteiger partial charge in [-0.25, -0.2) is 4.79 Å². The van der Waals surface area contributed by atoms with E-state index >= 15 is 0 Å². The van der Waals surface area contributed by atoms with Crippen molar-refractivity contribution in [3.63, 3.8) is 0 Å². The first-order chi connectivity index (χ1) is 12.4. The Labute approximate surface area is 157 Å². The van der Waals surface area contributed by atoms with E-state index in [1.807, 2.05) is 19.1 Å². The van der Waals surface area contributed by atoms with Crippen LogP contribution >= 0.6 is 11.8 Å². The van der Waals surface area contributed by atoms with Gasteiger partial charge in [-0.1, -0.05) is 19.1 Å². The van der Waals surface area contributed by atoms with E-state index in [2.05, 4.69) is 5.32 Å². The van der Waals surface area contributed by atoms with Crippen LogP contribution in [-0.2, 0) is 9.53 Å². The number of esters is 1. The second-order valence-corrected chi connectivity index (χ2v) is 6.91. The number of thioether (sulfide) groups is 1. The van der Waals surface area contributed by atoms with Crippen LogP contribution in [-0.4, -0.2) is 29.5 Å². The number of Topliss-reactive ketones (excluding diaryl/α,β-unsaturated/α-hetero) is 1. The Morgan fingerprint density at radius 3 is 2.35 bits per heavy atom. The molecule has 5 nitrogen and oxygen atoms in total. The molecule has 1 atom stereocenters. The maximum absolute atomic E-state index is 12.4. The maximum atomic E-state index is 12.4. The summed E-state index contributed by atoms with van der Waals surface area (Å²) in [5.74, 6) is -0.184. The number of carbonyl (C=O) groups excluding carboxylic acids is 3. The molecule has 0 fully saturated rings. The van der Waals surface area contributed by atoms with Crippen LogP contribution in [0.3, 0.4) is 0 Å². The van der Waals surface area contributed by atoms with Gasteiger partial charge in [0.15, 0.2) is 11.9 Å². The monoisotopic (exact) mass is 371 g/mol. The molecule has 0 radical (unpaired) electrons. The Kier molecular flexibility index (Phi) is 6.97. The molecule has 0 aliphatic rings. The molecule has 0 saturated heterocycles. The highest BCUT2D eigenvalue weighted by Crippen LogP contribution is 2.23. The molecule has 6 heteroatoms. The number of ketones is 1. The lowest BCUT2D eigenvalue weighted by Gasteiger charge is -2.15. The Morgan fingerprint density at radius 1 is 1.08 bits per heavy atom. The van der Waals surface area contributed by atoms with Crippen molar-refractivity contribution in [1.29, 1.82) is 0 Å². The molecule has 1 amide bonds. The van der Waals surface area contributed by atoms with Crippen LogP contribution in [0.15, 0.2) is 53.4 Å². The Balaban J connectivity index is 2.00. The summed E-state index contributed by atoms with van der Waals surface area (Å²) in [5, 5.41) is 2.67. The van der Waals surface area contributed by atoms with Gasteiger partial charge in [-0.3, -0.25) is 9.59 Å². The zero-order valence-electron chi connectivity index (χ0n) is 14.9. The van der Waals surface area contributed by atoms with Gasteiger partial charge < -0.3 is 10.1 Å². The number of benzene rings is 2. The van der Waals surface area contributed by atoms with Crippen LogP contribution in [0.25, 0.3) is 0 Å². The van der Waals surface area contributed by atoms with Gasteiger partial charge in [0.1, 0.15) is 0 Å². The lowest BCUT2D eigenvalue weighted by molar-refractivity contribution is -0.123. The van der Waals surface area contributed by atoms with Crippen molar-refractivity contribution >= 4 is 35.1 Å². The Hall–Kier alpha value is -2.60. The van der Waals surface area contributed by atoms with Gasteiger partial charge in [-0.2, -0.15) is 0 Å². The van der Waals surface area contributed by atoms with Crippen LogP contribution in [0.4, 0.5) is 5.69 Å². The predicted octanol–water partition coefficient (Wildman–Crippen LogP) is 4.19. The van der Waals surface area contributed by atoms with Gasteiger partial charge >= 0.3 is 5.97 Å². The lowest BCUT2D eigenvalue weighted by Crippen LogP contribution is -2.30. The summed E-state index contributed by atoms with van der Waals surface area (Å²) in [7, 11) is 0. The molecule has 0 saturated carbocycles. The zero-order chi connectivity index (χ0) is 19.1. The van der Waals surface area contributed by atoms with E-state index in [0.29, 0.717) is 16.8 Å². The quantitative estimate of drug-likeness (QED) is 0.449. The Morgan fingerprint density at radius 2 is 1.73 bits per heavy atom. The molecule has 2 rings (SSSR count). The van der Waals surface area contributed by atoms with E-state index in [1.165, 1.54) is 13.8 Å². The highest BCUT2D eigenvalue weighted by molar-refractivity contribution is 7.99. The van der Waals surface area contributed by atoms with Crippen LogP contribution in [0.1, 0.15) is 41.5 Å². The molecular weight excluding hydrogens is 350 g/mol. The number of hydrogen-bond donors (Lipinski definition) is 1. The Bertz CT molecular complexity index is 802. The molecule has 0 aliphatic carbocycles. The first kappa shape index (κ1) is 19.7. The number of hydrogen-bond acceptors (Lipinski definition) is 5. The third-order valence-corrected chi connectivity index (χ3v) is 4.57. The average Bonchev–Trinajstić information content (AvgIpc) is 2.62. The molecule has 0 aromatic heterocycles. The fourth-order valence-corrected chi connectivity index (χ4v) is 3.02. The molecule has 136 valence electrons. The van der Waals surface area contributed by atoms with Crippen molar-refractivity contribution in [3.8, 4) is 0 Å². The van der Waals surface area contributed by atoms with Gasteiger partial charge in [0.2, 0.25) is 0 Å². The number of ether oxygens (including phenoxy) is 1. The van der Waals surface area contributed by atoms with Gasteiger partial charge in [-0.05, 0) is 56.0 Å². The van der Waals surface area contributed by atoms with Crippen LogP contribution in [0.5, 0.6) is 0 Å². The summed E-state index contributed by atoms with van der Waals surface area (Å²) >= 11 is 1.54. The van der Waals surface area contributed by atoms with Gasteiger partial charge in [0.25, 0.3) is 5.91 Å². The smallest absolute Gasteiger partial charge is 0.340 e. The molecule has 0 spiro atoms. The van der Waals surface area contributed by atoms with E-state index in [9.17, 15) is 14.4 Å². The van der Waals surface area contributed by atoms with Gasteiger partial charge in [0.05, 0.1) is 5.56 Å². The standard InChI is InChI=1S/C20H21NO4S/c1-4-26-18-8-6-5-7-17(18)20(24)25-14(3)19(23)21-16-11-9-15(10-12-16)13(2)22/h5-12,14H,4H2,1-3H3,(H,21,23)/t14-/m1/s1. The van der Waals surface area contributed by atoms with Crippen LogP contribution in [0, 0.1) is 0 Å². The van der Waals surface area contributed by atoms with Crippen molar-refractivity contribution in [2.24, 2.45) is 0 Å². The van der Waals surface area contributed by atoms with Crippen molar-refractivity contribution in [2.75, 3.05) is 11.1 Å². The van der Waals surface area contributed by atoms with Crippen LogP contribution < -0.4 is 5.32 Å². The molecule has 0 unspecified atom stereocenters. The minimum atomic E-state index is -0.949. The molecule has 1 N–H and O–H groups in total. The van der Waals surface area contributed by atoms with E-state index in [0.717, 1.165) is 10.6 Å². The topological polar surface area (TPSA) is 72.5 Å². The summed E-state index contributed by atoms with van der Waals surface area (Å²) < 4.78 is 5.30. The van der Waals surface area contributed by atoms with Gasteiger partial charge in [-0.15, -0.1) is 11.8 Å². The summed E-state index contributed by atoms with van der Waals surface area (Å²) in [4.78, 5) is 36.7. The summed E-state index contributed by atoms with van der Waals surface area (Å²) in [6.45, 7) is 5.00. The van der Waals surface area contributed by atoms with E-state index in [1.54, 1.807) is 48.2 Å². The van der Waals surface area contributed by atoms with Crippen molar-refractivity contribution < 1.29 is 19.1 Å². The first-order valence-electron chi connectivity index (χ1n) is 8.27. The minimum Gasteiger partial charge on any atom is -0.449 e. The second kappa shape index (κ2) is 9.20. The fraction of sp³-hybridized carbons (Fsp3) is 0.250. The van der Waals surface area contributed by atoms with Crippen molar-refractivity contribution in [3.05, 3.63) is 59.7 Å². The van der Waals surface area contributed by atoms with Crippen molar-refractivity contribution in [1.82, 2.24) is 0 Å². The lowest BCUT2D eigenvalue weighted by atomic mass is 10.1. The minimum absolute atomic E-state index is 0.0474. The normalized spacial score (nSPS) is 11.5. The predicted molar refractivity (Wildman–Crippen MR) is 103 cm³/mol. The second-order valence-electron chi connectivity index (χ2n) is 5.60. The zero-order valence-corrected chi connectivity index (χ0v) is 15.8. The third-order valence-electron chi connectivity index (χ3n) is 3.62. The molecule has 26 heavy (non-hydrogen) atoms. The summed E-state index contributed by atoms with van der Waals surface area (Å²) in [5.41, 5.74) is 1.54. The number of carbonyl (C=O) groups is 3. The summed E-state index contributed by atoms with van der Waals surface area (Å²) in [6.07, 6.45) is -0.949. The number of anilines is 1. The third kappa shape index (κ3) is 5.20. The van der Waals surface area contributed by atoms with E-state index < -0.39 is 18.0 Å². The maximum Gasteiger partial charge on any atom is 0.340 e. The largest absolute Gasteiger partial charge is 0.449 e. The first-order valence-corrected chi connectivity index (χ1v) is 9.25. The highest BCUT2D eigenvalue weighted by Gasteiger charge is 2.21. The van der Waals surface area contributed by atoms with Crippen molar-refractivity contribution in [2.45, 2.75) is 31.8 Å². The van der Waals surface area contributed by atoms with E-state index in [-0.39, 0.29) is 5.78 Å². The SMILES string of the molecule is CCSc1ccccc1C(=O)O[C@H](C)C(=O)Nc1ccc(C(C)=O)cc1.